The summed E-state index contributed by atoms with van der Waals surface area (Å²) >= 11 is 0. The lowest BCUT2D eigenvalue weighted by Gasteiger charge is -2.38. The SMILES string of the molecule is CCC(CCC(C)C)(CC(C)C)C(C)O. The Labute approximate surface area is 96.3 Å². The maximum Gasteiger partial charge on any atom is 0.0568 e. The molecule has 0 heterocycles. The molecule has 1 nitrogen and oxygen atoms in total. The van der Waals surface area contributed by atoms with Gasteiger partial charge in [0.25, 0.3) is 0 Å². The van der Waals surface area contributed by atoms with Gasteiger partial charge in [-0.2, -0.15) is 0 Å². The average Bonchev–Trinajstić information content (AvgIpc) is 2.11. The predicted molar refractivity (Wildman–Crippen MR) is 67.9 cm³/mol. The molecule has 0 amide bonds. The minimum absolute atomic E-state index is 0.151. The second-order valence-electron chi connectivity index (χ2n) is 5.92. The smallest absolute Gasteiger partial charge is 0.0568 e. The number of aliphatic hydroxyl groups is 1. The molecule has 0 rings (SSSR count). The standard InChI is InChI=1S/C14H30O/c1-7-14(13(6)15,10-12(4)5)9-8-11(2)3/h11-13,15H,7-10H2,1-6H3. The fourth-order valence-electron chi connectivity index (χ4n) is 2.49. The summed E-state index contributed by atoms with van der Waals surface area (Å²) in [4.78, 5) is 0. The van der Waals surface area contributed by atoms with Crippen LogP contribution in [-0.2, 0) is 0 Å². The van der Waals surface area contributed by atoms with Gasteiger partial charge in [-0.05, 0) is 43.4 Å². The monoisotopic (exact) mass is 214 g/mol. The maximum absolute atomic E-state index is 10.0. The van der Waals surface area contributed by atoms with Crippen molar-refractivity contribution in [2.75, 3.05) is 0 Å². The molecule has 0 aromatic carbocycles. The highest BCUT2D eigenvalue weighted by Gasteiger charge is 2.33. The van der Waals surface area contributed by atoms with Gasteiger partial charge < -0.3 is 5.11 Å². The van der Waals surface area contributed by atoms with E-state index < -0.39 is 0 Å². The van der Waals surface area contributed by atoms with E-state index in [1.54, 1.807) is 0 Å². The van der Waals surface area contributed by atoms with Crippen LogP contribution in [0.25, 0.3) is 0 Å². The lowest BCUT2D eigenvalue weighted by Crippen LogP contribution is -2.34. The highest BCUT2D eigenvalue weighted by Crippen LogP contribution is 2.39. The molecule has 2 atom stereocenters. The minimum Gasteiger partial charge on any atom is -0.393 e. The molecule has 2 unspecified atom stereocenters. The molecule has 0 saturated heterocycles. The molecule has 15 heavy (non-hydrogen) atoms. The van der Waals surface area contributed by atoms with Gasteiger partial charge in [0.1, 0.15) is 0 Å². The number of hydrogen-bond acceptors (Lipinski definition) is 1. The molecule has 1 N–H and O–H groups in total. The van der Waals surface area contributed by atoms with Gasteiger partial charge in [-0.3, -0.25) is 0 Å². The van der Waals surface area contributed by atoms with Crippen molar-refractivity contribution in [3.05, 3.63) is 0 Å². The minimum atomic E-state index is -0.177. The van der Waals surface area contributed by atoms with Crippen molar-refractivity contribution in [2.24, 2.45) is 17.3 Å². The first kappa shape index (κ1) is 15.0. The fraction of sp³-hybridized carbons (Fsp3) is 1.00. The molecule has 0 fully saturated rings. The molecule has 0 spiro atoms. The van der Waals surface area contributed by atoms with Gasteiger partial charge in [-0.25, -0.2) is 0 Å². The van der Waals surface area contributed by atoms with E-state index >= 15 is 0 Å². The Kier molecular flexibility index (Phi) is 6.51. The Morgan fingerprint density at radius 1 is 1.00 bits per heavy atom. The zero-order valence-corrected chi connectivity index (χ0v) is 11.5. The van der Waals surface area contributed by atoms with Crippen molar-refractivity contribution in [2.45, 2.75) is 73.3 Å². The van der Waals surface area contributed by atoms with Gasteiger partial charge >= 0.3 is 0 Å². The first-order valence-corrected chi connectivity index (χ1v) is 6.52. The molecule has 0 aliphatic carbocycles. The summed E-state index contributed by atoms with van der Waals surface area (Å²) in [6, 6.07) is 0. The average molecular weight is 214 g/mol. The van der Waals surface area contributed by atoms with E-state index in [2.05, 4.69) is 34.6 Å². The van der Waals surface area contributed by atoms with Gasteiger partial charge in [0.05, 0.1) is 6.10 Å². The van der Waals surface area contributed by atoms with Crippen molar-refractivity contribution in [3.8, 4) is 0 Å². The van der Waals surface area contributed by atoms with Gasteiger partial charge in [-0.1, -0.05) is 41.0 Å². The van der Waals surface area contributed by atoms with E-state index in [0.717, 1.165) is 25.2 Å². The van der Waals surface area contributed by atoms with Crippen molar-refractivity contribution in [1.29, 1.82) is 0 Å². The van der Waals surface area contributed by atoms with Crippen LogP contribution in [0.1, 0.15) is 67.2 Å². The summed E-state index contributed by atoms with van der Waals surface area (Å²) < 4.78 is 0. The molecular weight excluding hydrogens is 184 g/mol. The summed E-state index contributed by atoms with van der Waals surface area (Å²) in [5.41, 5.74) is 0.151. The van der Waals surface area contributed by atoms with Gasteiger partial charge in [0.2, 0.25) is 0 Å². The molecule has 0 aromatic heterocycles. The quantitative estimate of drug-likeness (QED) is 0.672. The largest absolute Gasteiger partial charge is 0.393 e. The van der Waals surface area contributed by atoms with Gasteiger partial charge in [0.15, 0.2) is 0 Å². The third kappa shape index (κ3) is 5.01. The lowest BCUT2D eigenvalue weighted by molar-refractivity contribution is 0.00764. The van der Waals surface area contributed by atoms with Crippen molar-refractivity contribution in [3.63, 3.8) is 0 Å². The van der Waals surface area contributed by atoms with Crippen LogP contribution in [0.3, 0.4) is 0 Å². The molecule has 0 saturated carbocycles. The van der Waals surface area contributed by atoms with Gasteiger partial charge in [0, 0.05) is 0 Å². The van der Waals surface area contributed by atoms with E-state index in [4.69, 9.17) is 0 Å². The number of rotatable bonds is 7. The van der Waals surface area contributed by atoms with Crippen molar-refractivity contribution >= 4 is 0 Å². The maximum atomic E-state index is 10.0. The lowest BCUT2D eigenvalue weighted by atomic mass is 9.70. The van der Waals surface area contributed by atoms with Crippen LogP contribution in [-0.4, -0.2) is 11.2 Å². The van der Waals surface area contributed by atoms with Crippen LogP contribution in [0.15, 0.2) is 0 Å². The normalized spacial score (nSPS) is 18.2. The van der Waals surface area contributed by atoms with Crippen LogP contribution < -0.4 is 0 Å². The summed E-state index contributed by atoms with van der Waals surface area (Å²) in [5.74, 6) is 1.41. The van der Waals surface area contributed by atoms with Crippen LogP contribution in [0.5, 0.6) is 0 Å². The number of aliphatic hydroxyl groups excluding tert-OH is 1. The van der Waals surface area contributed by atoms with E-state index in [9.17, 15) is 5.11 Å². The van der Waals surface area contributed by atoms with Crippen LogP contribution >= 0.6 is 0 Å². The molecule has 0 radical (unpaired) electrons. The van der Waals surface area contributed by atoms with Crippen molar-refractivity contribution in [1.82, 2.24) is 0 Å². The summed E-state index contributed by atoms with van der Waals surface area (Å²) in [5, 5.41) is 10.0. The molecule has 92 valence electrons. The molecule has 0 aliphatic heterocycles. The van der Waals surface area contributed by atoms with Gasteiger partial charge in [-0.15, -0.1) is 0 Å². The second kappa shape index (κ2) is 6.52. The Bertz CT molecular complexity index is 161. The Morgan fingerprint density at radius 2 is 1.53 bits per heavy atom. The Morgan fingerprint density at radius 3 is 1.80 bits per heavy atom. The molecule has 1 heteroatoms. The van der Waals surface area contributed by atoms with E-state index in [1.165, 1.54) is 6.42 Å². The summed E-state index contributed by atoms with van der Waals surface area (Å²) in [6.07, 6.45) is 4.45. The zero-order valence-electron chi connectivity index (χ0n) is 11.5. The van der Waals surface area contributed by atoms with Crippen molar-refractivity contribution < 1.29 is 5.11 Å². The van der Waals surface area contributed by atoms with Crippen LogP contribution in [0.2, 0.25) is 0 Å². The highest BCUT2D eigenvalue weighted by atomic mass is 16.3. The van der Waals surface area contributed by atoms with E-state index in [0.29, 0.717) is 5.92 Å². The molecule has 0 bridgehead atoms. The fourth-order valence-corrected chi connectivity index (χ4v) is 2.49. The molecular formula is C14H30O. The first-order chi connectivity index (χ1) is 6.84. The second-order valence-corrected chi connectivity index (χ2v) is 5.92. The molecule has 0 aliphatic rings. The third-order valence-corrected chi connectivity index (χ3v) is 3.62. The van der Waals surface area contributed by atoms with Crippen LogP contribution in [0.4, 0.5) is 0 Å². The summed E-state index contributed by atoms with van der Waals surface area (Å²) in [7, 11) is 0. The zero-order chi connectivity index (χ0) is 12.1. The predicted octanol–water partition coefficient (Wildman–Crippen LogP) is 4.25. The van der Waals surface area contributed by atoms with E-state index in [1.807, 2.05) is 6.92 Å². The summed E-state index contributed by atoms with van der Waals surface area (Å²) in [6.45, 7) is 13.2. The first-order valence-electron chi connectivity index (χ1n) is 6.52. The Hall–Kier alpha value is -0.0400. The van der Waals surface area contributed by atoms with E-state index in [-0.39, 0.29) is 11.5 Å². The topological polar surface area (TPSA) is 20.2 Å². The van der Waals surface area contributed by atoms with Crippen LogP contribution in [0, 0.1) is 17.3 Å². The highest BCUT2D eigenvalue weighted by molar-refractivity contribution is 4.84. The number of hydrogen-bond donors (Lipinski definition) is 1. The Balaban J connectivity index is 4.50. The third-order valence-electron chi connectivity index (χ3n) is 3.62. The molecule has 0 aromatic rings.